The van der Waals surface area contributed by atoms with E-state index >= 15 is 0 Å². The molecular weight excluding hydrogens is 437 g/mol. The van der Waals surface area contributed by atoms with Crippen LogP contribution >= 0.6 is 0 Å². The fourth-order valence-electron chi connectivity index (χ4n) is 5.39. The summed E-state index contributed by atoms with van der Waals surface area (Å²) in [6, 6.07) is 25.2. The van der Waals surface area contributed by atoms with Crippen molar-refractivity contribution in [3.05, 3.63) is 95.8 Å². The van der Waals surface area contributed by atoms with E-state index in [-0.39, 0.29) is 17.8 Å². The summed E-state index contributed by atoms with van der Waals surface area (Å²) in [5.41, 5.74) is 6.76. The number of H-pyrrole nitrogens is 1. The molecule has 0 spiro atoms. The number of aryl methyl sites for hydroxylation is 1. The highest BCUT2D eigenvalue weighted by Gasteiger charge is 2.30. The summed E-state index contributed by atoms with van der Waals surface area (Å²) in [7, 11) is 0. The molecule has 5 heteroatoms. The normalized spacial score (nSPS) is 15.1. The summed E-state index contributed by atoms with van der Waals surface area (Å²) >= 11 is 0. The number of fused-ring (bicyclic) bond motifs is 3. The maximum absolute atomic E-state index is 14.2. The number of aromatic amines is 1. The van der Waals surface area contributed by atoms with Crippen molar-refractivity contribution in [2.45, 2.75) is 38.6 Å². The minimum Gasteiger partial charge on any atom is -0.353 e. The van der Waals surface area contributed by atoms with Crippen LogP contribution in [0.15, 0.2) is 78.9 Å². The third kappa shape index (κ3) is 3.87. The van der Waals surface area contributed by atoms with Gasteiger partial charge in [0.2, 0.25) is 5.91 Å². The van der Waals surface area contributed by atoms with Gasteiger partial charge in [-0.2, -0.15) is 0 Å². The molecule has 0 saturated heterocycles. The average molecular weight is 464 g/mol. The Bertz CT molecular complexity index is 1570. The van der Waals surface area contributed by atoms with Crippen LogP contribution in [0.25, 0.3) is 33.2 Å². The van der Waals surface area contributed by atoms with Crippen LogP contribution in [0.5, 0.6) is 0 Å². The second kappa shape index (κ2) is 8.66. The molecule has 0 radical (unpaired) electrons. The van der Waals surface area contributed by atoms with Crippen LogP contribution in [0.3, 0.4) is 0 Å². The highest BCUT2D eigenvalue weighted by atomic mass is 19.1. The van der Waals surface area contributed by atoms with Gasteiger partial charge in [0.15, 0.2) is 0 Å². The van der Waals surface area contributed by atoms with Crippen LogP contribution in [0.2, 0.25) is 0 Å². The Kier molecular flexibility index (Phi) is 5.33. The maximum atomic E-state index is 14.2. The van der Waals surface area contributed by atoms with Crippen molar-refractivity contribution < 1.29 is 9.18 Å². The molecule has 3 heterocycles. The van der Waals surface area contributed by atoms with Crippen molar-refractivity contribution in [1.82, 2.24) is 9.97 Å². The van der Waals surface area contributed by atoms with Crippen molar-refractivity contribution in [3.8, 4) is 11.4 Å². The smallest absolute Gasteiger partial charge is 0.227 e. The van der Waals surface area contributed by atoms with Crippen LogP contribution in [-0.4, -0.2) is 21.9 Å². The first-order chi connectivity index (χ1) is 17.1. The van der Waals surface area contributed by atoms with E-state index in [0.29, 0.717) is 19.3 Å². The minimum atomic E-state index is -0.269. The van der Waals surface area contributed by atoms with Gasteiger partial charge in [-0.15, -0.1) is 0 Å². The van der Waals surface area contributed by atoms with Gasteiger partial charge < -0.3 is 9.88 Å². The zero-order chi connectivity index (χ0) is 23.9. The van der Waals surface area contributed by atoms with Crippen molar-refractivity contribution in [3.63, 3.8) is 0 Å². The third-order valence-electron chi connectivity index (χ3n) is 7.02. The molecule has 4 nitrogen and oxygen atoms in total. The van der Waals surface area contributed by atoms with E-state index in [2.05, 4.69) is 24.0 Å². The highest BCUT2D eigenvalue weighted by molar-refractivity contribution is 5.96. The average Bonchev–Trinajstić information content (AvgIpc) is 3.40. The molecule has 0 fully saturated rings. The monoisotopic (exact) mass is 463 g/mol. The Hall–Kier alpha value is -3.99. The fraction of sp³-hybridized carbons (Fsp3) is 0.200. The lowest BCUT2D eigenvalue weighted by Crippen LogP contribution is -2.35. The van der Waals surface area contributed by atoms with E-state index in [1.54, 1.807) is 12.1 Å². The third-order valence-corrected chi connectivity index (χ3v) is 7.02. The SMILES string of the molecule is CC1Cc2ccccc2N1C(=O)CCCc1c(-c2ccc3ccccc3n2)[nH]c2ccc(F)cc12. The van der Waals surface area contributed by atoms with Crippen LogP contribution in [-0.2, 0) is 17.6 Å². The van der Waals surface area contributed by atoms with E-state index in [0.717, 1.165) is 50.9 Å². The number of amides is 1. The summed E-state index contributed by atoms with van der Waals surface area (Å²) in [6.45, 7) is 2.10. The lowest BCUT2D eigenvalue weighted by molar-refractivity contribution is -0.119. The number of nitrogens with one attached hydrogen (secondary N) is 1. The van der Waals surface area contributed by atoms with Crippen molar-refractivity contribution in [2.24, 2.45) is 0 Å². The van der Waals surface area contributed by atoms with Crippen molar-refractivity contribution >= 4 is 33.4 Å². The molecule has 0 saturated carbocycles. The summed E-state index contributed by atoms with van der Waals surface area (Å²) in [5, 5.41) is 1.92. The van der Waals surface area contributed by atoms with Gasteiger partial charge in [0.25, 0.3) is 0 Å². The maximum Gasteiger partial charge on any atom is 0.227 e. The number of aromatic nitrogens is 2. The van der Waals surface area contributed by atoms with Gasteiger partial charge >= 0.3 is 0 Å². The number of nitrogens with zero attached hydrogens (tertiary/aromatic N) is 2. The number of rotatable bonds is 5. The Morgan fingerprint density at radius 3 is 2.80 bits per heavy atom. The Balaban J connectivity index is 1.30. The van der Waals surface area contributed by atoms with Crippen LogP contribution in [0, 0.1) is 5.82 Å². The lowest BCUT2D eigenvalue weighted by atomic mass is 10.0. The van der Waals surface area contributed by atoms with Gasteiger partial charge in [-0.3, -0.25) is 4.79 Å². The van der Waals surface area contributed by atoms with E-state index in [1.165, 1.54) is 11.6 Å². The molecule has 1 amide bonds. The Labute approximate surface area is 203 Å². The number of halogens is 1. The zero-order valence-electron chi connectivity index (χ0n) is 19.6. The zero-order valence-corrected chi connectivity index (χ0v) is 19.6. The number of anilines is 1. The molecule has 1 aliphatic rings. The second-order valence-electron chi connectivity index (χ2n) is 9.36. The molecule has 35 heavy (non-hydrogen) atoms. The molecule has 5 aromatic rings. The Morgan fingerprint density at radius 2 is 1.89 bits per heavy atom. The number of carbonyl (C=O) groups is 1. The van der Waals surface area contributed by atoms with E-state index in [4.69, 9.17) is 4.98 Å². The van der Waals surface area contributed by atoms with Gasteiger partial charge in [-0.25, -0.2) is 9.37 Å². The summed E-state index contributed by atoms with van der Waals surface area (Å²) in [6.07, 6.45) is 2.66. The molecule has 174 valence electrons. The molecule has 6 rings (SSSR count). The summed E-state index contributed by atoms with van der Waals surface area (Å²) < 4.78 is 14.2. The number of hydrogen-bond donors (Lipinski definition) is 1. The summed E-state index contributed by atoms with van der Waals surface area (Å²) in [4.78, 5) is 23.5. The Morgan fingerprint density at radius 1 is 1.06 bits per heavy atom. The van der Waals surface area contributed by atoms with E-state index in [9.17, 15) is 9.18 Å². The first kappa shape index (κ1) is 21.5. The van der Waals surface area contributed by atoms with Crippen molar-refractivity contribution in [1.29, 1.82) is 0 Å². The van der Waals surface area contributed by atoms with Crippen LogP contribution in [0.4, 0.5) is 10.1 Å². The molecular formula is C30H26FN3O. The van der Waals surface area contributed by atoms with Crippen molar-refractivity contribution in [2.75, 3.05) is 4.90 Å². The minimum absolute atomic E-state index is 0.138. The van der Waals surface area contributed by atoms with Crippen LogP contribution < -0.4 is 4.90 Å². The van der Waals surface area contributed by atoms with E-state index < -0.39 is 0 Å². The fourth-order valence-corrected chi connectivity index (χ4v) is 5.39. The number of benzene rings is 3. The van der Waals surface area contributed by atoms with E-state index in [1.807, 2.05) is 53.4 Å². The molecule has 1 N–H and O–H groups in total. The van der Waals surface area contributed by atoms with Gasteiger partial charge in [0, 0.05) is 34.4 Å². The standard InChI is InChI=1S/C30H26FN3O/c1-19-17-21-8-3-5-11-28(21)34(19)29(35)12-6-9-23-24-18-22(31)14-16-26(24)33-30(23)27-15-13-20-7-2-4-10-25(20)32-27/h2-5,7-8,10-11,13-16,18-19,33H,6,9,12,17H2,1H3. The number of pyridine rings is 1. The van der Waals surface area contributed by atoms with Gasteiger partial charge in [-0.05, 0) is 73.7 Å². The number of para-hydroxylation sites is 2. The molecule has 1 aliphatic heterocycles. The van der Waals surface area contributed by atoms with Gasteiger partial charge in [-0.1, -0.05) is 42.5 Å². The molecule has 1 unspecified atom stereocenters. The predicted molar refractivity (Wildman–Crippen MR) is 139 cm³/mol. The van der Waals surface area contributed by atoms with Crippen LogP contribution in [0.1, 0.15) is 30.9 Å². The predicted octanol–water partition coefficient (Wildman–Crippen LogP) is 6.82. The first-order valence-electron chi connectivity index (χ1n) is 12.1. The molecule has 3 aromatic carbocycles. The topological polar surface area (TPSA) is 49.0 Å². The summed E-state index contributed by atoms with van der Waals surface area (Å²) in [5.74, 6) is -0.131. The highest BCUT2D eigenvalue weighted by Crippen LogP contribution is 2.34. The largest absolute Gasteiger partial charge is 0.353 e. The molecule has 2 aromatic heterocycles. The number of hydrogen-bond acceptors (Lipinski definition) is 2. The lowest BCUT2D eigenvalue weighted by Gasteiger charge is -2.22. The molecule has 0 bridgehead atoms. The van der Waals surface area contributed by atoms with Gasteiger partial charge in [0.1, 0.15) is 5.82 Å². The van der Waals surface area contributed by atoms with Gasteiger partial charge in [0.05, 0.1) is 16.9 Å². The quantitative estimate of drug-likeness (QED) is 0.311. The first-order valence-corrected chi connectivity index (χ1v) is 12.1. The molecule has 0 aliphatic carbocycles. The number of carbonyl (C=O) groups excluding carboxylic acids is 1. The second-order valence-corrected chi connectivity index (χ2v) is 9.36. The molecule has 1 atom stereocenters.